The number of halogens is 1. The van der Waals surface area contributed by atoms with Gasteiger partial charge < -0.3 is 14.8 Å². The molecule has 0 aliphatic carbocycles. The molecule has 5 nitrogen and oxygen atoms in total. The Morgan fingerprint density at radius 3 is 2.77 bits per heavy atom. The molecule has 2 aromatic carbocycles. The number of rotatable bonds is 6. The van der Waals surface area contributed by atoms with Crippen LogP contribution in [0, 0.1) is 0 Å². The van der Waals surface area contributed by atoms with Crippen LogP contribution in [0.1, 0.15) is 22.8 Å². The number of ketones is 1. The Morgan fingerprint density at radius 2 is 1.96 bits per heavy atom. The highest BCUT2D eigenvalue weighted by Crippen LogP contribution is 2.39. The van der Waals surface area contributed by atoms with Crippen molar-refractivity contribution in [1.82, 2.24) is 0 Å². The molecule has 0 unspecified atom stereocenters. The summed E-state index contributed by atoms with van der Waals surface area (Å²) in [5.74, 6) is 1.84. The molecule has 0 saturated heterocycles. The van der Waals surface area contributed by atoms with Crippen LogP contribution < -0.4 is 14.8 Å². The summed E-state index contributed by atoms with van der Waals surface area (Å²) in [6, 6.07) is 10.7. The maximum atomic E-state index is 12.2. The molecule has 0 radical (unpaired) electrons. The summed E-state index contributed by atoms with van der Waals surface area (Å²) in [7, 11) is 0. The Bertz CT molecular complexity index is 840. The van der Waals surface area contributed by atoms with Crippen LogP contribution in [0.4, 0.5) is 5.69 Å². The van der Waals surface area contributed by atoms with Crippen molar-refractivity contribution in [1.29, 1.82) is 0 Å². The van der Waals surface area contributed by atoms with E-state index in [-0.39, 0.29) is 17.4 Å². The van der Waals surface area contributed by atoms with Gasteiger partial charge in [-0.25, -0.2) is 0 Å². The number of carbonyl (C=O) groups excluding carboxylic acids is 2. The lowest BCUT2D eigenvalue weighted by molar-refractivity contribution is -0.113. The van der Waals surface area contributed by atoms with E-state index in [1.165, 1.54) is 18.7 Å². The Morgan fingerprint density at radius 1 is 1.19 bits per heavy atom. The molecule has 1 aliphatic rings. The molecular weight excluding hydrogens is 374 g/mol. The van der Waals surface area contributed by atoms with Gasteiger partial charge in [-0.15, -0.1) is 11.8 Å². The number of nitrogens with one attached hydrogen (secondary N) is 1. The number of carbonyl (C=O) groups is 2. The van der Waals surface area contributed by atoms with Crippen LogP contribution in [0.25, 0.3) is 0 Å². The van der Waals surface area contributed by atoms with Gasteiger partial charge >= 0.3 is 0 Å². The highest BCUT2D eigenvalue weighted by atomic mass is 35.5. The third-order valence-corrected chi connectivity index (χ3v) is 5.02. The summed E-state index contributed by atoms with van der Waals surface area (Å²) in [5.41, 5.74) is 2.00. The third kappa shape index (κ3) is 4.51. The van der Waals surface area contributed by atoms with E-state index in [1.54, 1.807) is 24.3 Å². The first-order valence-corrected chi connectivity index (χ1v) is 9.63. The predicted molar refractivity (Wildman–Crippen MR) is 104 cm³/mol. The number of amides is 1. The molecule has 0 aromatic heterocycles. The second kappa shape index (κ2) is 8.47. The maximum Gasteiger partial charge on any atom is 0.234 e. The van der Waals surface area contributed by atoms with Crippen molar-refractivity contribution in [3.8, 4) is 11.5 Å². The zero-order valence-corrected chi connectivity index (χ0v) is 15.8. The molecule has 26 heavy (non-hydrogen) atoms. The minimum atomic E-state index is -0.160. The fraction of sp³-hybridized carbons (Fsp3) is 0.263. The highest BCUT2D eigenvalue weighted by molar-refractivity contribution is 7.99. The molecule has 1 amide bonds. The summed E-state index contributed by atoms with van der Waals surface area (Å²) in [6.07, 6.45) is 0. The fourth-order valence-corrected chi connectivity index (χ4v) is 3.64. The smallest absolute Gasteiger partial charge is 0.234 e. The van der Waals surface area contributed by atoms with Crippen molar-refractivity contribution in [3.05, 3.63) is 52.5 Å². The molecule has 1 aliphatic heterocycles. The largest absolute Gasteiger partial charge is 0.486 e. The van der Waals surface area contributed by atoms with Crippen molar-refractivity contribution < 1.29 is 19.1 Å². The summed E-state index contributed by atoms with van der Waals surface area (Å²) < 4.78 is 11.1. The monoisotopic (exact) mass is 391 g/mol. The molecule has 0 fully saturated rings. The average Bonchev–Trinajstić information content (AvgIpc) is 2.62. The van der Waals surface area contributed by atoms with Crippen LogP contribution in [0.3, 0.4) is 0 Å². The van der Waals surface area contributed by atoms with Gasteiger partial charge in [0.25, 0.3) is 0 Å². The quantitative estimate of drug-likeness (QED) is 0.748. The number of benzene rings is 2. The van der Waals surface area contributed by atoms with E-state index < -0.39 is 0 Å². The van der Waals surface area contributed by atoms with Gasteiger partial charge in [0.05, 0.1) is 16.5 Å². The van der Waals surface area contributed by atoms with E-state index in [1.807, 2.05) is 12.1 Å². The maximum absolute atomic E-state index is 12.2. The van der Waals surface area contributed by atoms with Gasteiger partial charge in [0.2, 0.25) is 5.91 Å². The zero-order valence-electron chi connectivity index (χ0n) is 14.2. The van der Waals surface area contributed by atoms with E-state index >= 15 is 0 Å². The van der Waals surface area contributed by atoms with E-state index in [0.29, 0.717) is 46.7 Å². The van der Waals surface area contributed by atoms with Crippen LogP contribution in [0.5, 0.6) is 11.5 Å². The van der Waals surface area contributed by atoms with Crippen molar-refractivity contribution in [2.75, 3.05) is 24.3 Å². The van der Waals surface area contributed by atoms with Crippen LogP contribution in [0.15, 0.2) is 36.4 Å². The fourth-order valence-electron chi connectivity index (χ4n) is 2.59. The number of fused-ring (bicyclic) bond motifs is 1. The SMILES string of the molecule is CC(=O)c1ccccc1NC(=O)CSCc1cc(Cl)c2c(c1)OCCO2. The lowest BCUT2D eigenvalue weighted by Gasteiger charge is -2.20. The molecule has 1 heterocycles. The number of hydrogen-bond donors (Lipinski definition) is 1. The summed E-state index contributed by atoms with van der Waals surface area (Å²) in [6.45, 7) is 2.46. The van der Waals surface area contributed by atoms with Gasteiger partial charge in [-0.3, -0.25) is 9.59 Å². The number of thioether (sulfide) groups is 1. The van der Waals surface area contributed by atoms with E-state index in [4.69, 9.17) is 21.1 Å². The topological polar surface area (TPSA) is 64.6 Å². The van der Waals surface area contributed by atoms with Gasteiger partial charge in [0.1, 0.15) is 13.2 Å². The summed E-state index contributed by atoms with van der Waals surface area (Å²) in [5, 5.41) is 3.30. The first-order chi connectivity index (χ1) is 12.5. The summed E-state index contributed by atoms with van der Waals surface area (Å²) in [4.78, 5) is 23.8. The van der Waals surface area contributed by atoms with Gasteiger partial charge in [-0.1, -0.05) is 23.7 Å². The van der Waals surface area contributed by atoms with Crippen LogP contribution in [-0.4, -0.2) is 30.7 Å². The molecule has 0 atom stereocenters. The number of hydrogen-bond acceptors (Lipinski definition) is 5. The average molecular weight is 392 g/mol. The minimum Gasteiger partial charge on any atom is -0.486 e. The first-order valence-electron chi connectivity index (χ1n) is 8.10. The molecule has 136 valence electrons. The number of ether oxygens (including phenoxy) is 2. The minimum absolute atomic E-state index is 0.0838. The van der Waals surface area contributed by atoms with Crippen LogP contribution >= 0.6 is 23.4 Å². The van der Waals surface area contributed by atoms with Crippen LogP contribution in [0.2, 0.25) is 5.02 Å². The van der Waals surface area contributed by atoms with E-state index in [2.05, 4.69) is 5.32 Å². The first kappa shape index (κ1) is 18.6. The lowest BCUT2D eigenvalue weighted by atomic mass is 10.1. The Labute approximate surface area is 161 Å². The van der Waals surface area contributed by atoms with Crippen LogP contribution in [-0.2, 0) is 10.5 Å². The number of Topliss-reactive ketones (excluding diaryl/α,β-unsaturated/α-hetero) is 1. The molecule has 2 aromatic rings. The molecule has 1 N–H and O–H groups in total. The van der Waals surface area contributed by atoms with Crippen molar-refractivity contribution >= 4 is 40.7 Å². The standard InChI is InChI=1S/C19H18ClNO4S/c1-12(22)14-4-2-3-5-16(14)21-18(23)11-26-10-13-8-15(20)19-17(9-13)24-6-7-25-19/h2-5,8-9H,6-7,10-11H2,1H3,(H,21,23). The lowest BCUT2D eigenvalue weighted by Crippen LogP contribution is -2.16. The molecular formula is C19H18ClNO4S. The molecule has 7 heteroatoms. The Hall–Kier alpha value is -2.18. The molecule has 0 bridgehead atoms. The van der Waals surface area contributed by atoms with Crippen molar-refractivity contribution in [2.24, 2.45) is 0 Å². The molecule has 0 spiro atoms. The Kier molecular flexibility index (Phi) is 6.06. The number of anilines is 1. The van der Waals surface area contributed by atoms with E-state index in [0.717, 1.165) is 5.56 Å². The van der Waals surface area contributed by atoms with Gasteiger partial charge in [0, 0.05) is 11.3 Å². The Balaban J connectivity index is 1.56. The molecule has 3 rings (SSSR count). The molecule has 0 saturated carbocycles. The normalized spacial score (nSPS) is 12.5. The summed E-state index contributed by atoms with van der Waals surface area (Å²) >= 11 is 7.67. The van der Waals surface area contributed by atoms with Gasteiger partial charge in [-0.2, -0.15) is 0 Å². The van der Waals surface area contributed by atoms with Crippen molar-refractivity contribution in [3.63, 3.8) is 0 Å². The third-order valence-electron chi connectivity index (χ3n) is 3.74. The van der Waals surface area contributed by atoms with E-state index in [9.17, 15) is 9.59 Å². The number of para-hydroxylation sites is 1. The van der Waals surface area contributed by atoms with Crippen molar-refractivity contribution in [2.45, 2.75) is 12.7 Å². The van der Waals surface area contributed by atoms with Gasteiger partial charge in [-0.05, 0) is 36.8 Å². The zero-order chi connectivity index (χ0) is 18.5. The highest BCUT2D eigenvalue weighted by Gasteiger charge is 2.17. The van der Waals surface area contributed by atoms with Gasteiger partial charge in [0.15, 0.2) is 17.3 Å². The predicted octanol–water partition coefficient (Wildman–Crippen LogP) is 4.19. The second-order valence-electron chi connectivity index (χ2n) is 5.74. The second-order valence-corrected chi connectivity index (χ2v) is 7.14.